The van der Waals surface area contributed by atoms with Gasteiger partial charge in [-0.3, -0.25) is 0 Å². The third-order valence-corrected chi connectivity index (χ3v) is 3.71. The monoisotopic (exact) mass is 294 g/mol. The van der Waals surface area contributed by atoms with E-state index in [1.807, 2.05) is 24.3 Å². The Morgan fingerprint density at radius 2 is 1.90 bits per heavy atom. The molecule has 0 saturated carbocycles. The molecule has 0 spiro atoms. The fraction of sp³-hybridized carbons (Fsp3) is 0.533. The van der Waals surface area contributed by atoms with Crippen LogP contribution in [0.1, 0.15) is 19.4 Å². The van der Waals surface area contributed by atoms with Crippen LogP contribution in [-0.2, 0) is 11.3 Å². The first-order valence-corrected chi connectivity index (χ1v) is 7.30. The first kappa shape index (κ1) is 15.1. The van der Waals surface area contributed by atoms with Gasteiger partial charge < -0.3 is 19.7 Å². The van der Waals surface area contributed by atoms with Gasteiger partial charge in [0.2, 0.25) is 0 Å². The molecule has 1 heterocycles. The maximum atomic E-state index is 5.71. The Morgan fingerprint density at radius 3 is 2.45 bits per heavy atom. The van der Waals surface area contributed by atoms with Crippen molar-refractivity contribution in [3.63, 3.8) is 0 Å². The van der Waals surface area contributed by atoms with Crippen molar-refractivity contribution >= 4 is 17.3 Å². The molecular weight excluding hydrogens is 272 g/mol. The highest BCUT2D eigenvalue weighted by Crippen LogP contribution is 2.13. The van der Waals surface area contributed by atoms with Gasteiger partial charge in [0.25, 0.3) is 0 Å². The van der Waals surface area contributed by atoms with Gasteiger partial charge in [0.05, 0.1) is 19.3 Å². The molecule has 1 aromatic carbocycles. The van der Waals surface area contributed by atoms with E-state index < -0.39 is 0 Å². The van der Waals surface area contributed by atoms with Crippen molar-refractivity contribution in [2.24, 2.45) is 0 Å². The third kappa shape index (κ3) is 4.08. The van der Waals surface area contributed by atoms with Gasteiger partial charge in [-0.15, -0.1) is 0 Å². The van der Waals surface area contributed by atoms with E-state index in [2.05, 4.69) is 24.1 Å². The molecule has 0 amide bonds. The van der Waals surface area contributed by atoms with Gasteiger partial charge in [-0.05, 0) is 43.8 Å². The average Bonchev–Trinajstić information content (AvgIpc) is 2.44. The fourth-order valence-electron chi connectivity index (χ4n) is 2.38. The van der Waals surface area contributed by atoms with Crippen molar-refractivity contribution in [3.8, 4) is 5.75 Å². The smallest absolute Gasteiger partial charge is 0.169 e. The Morgan fingerprint density at radius 1 is 1.30 bits per heavy atom. The number of benzene rings is 1. The highest BCUT2D eigenvalue weighted by atomic mass is 32.1. The van der Waals surface area contributed by atoms with E-state index in [1.54, 1.807) is 7.11 Å². The summed E-state index contributed by atoms with van der Waals surface area (Å²) in [5, 5.41) is 4.10. The fourth-order valence-corrected chi connectivity index (χ4v) is 2.60. The lowest BCUT2D eigenvalue weighted by Crippen LogP contribution is -2.51. The van der Waals surface area contributed by atoms with Crippen LogP contribution in [0.3, 0.4) is 0 Å². The number of nitrogens with zero attached hydrogens (tertiary/aromatic N) is 1. The maximum absolute atomic E-state index is 5.71. The summed E-state index contributed by atoms with van der Waals surface area (Å²) in [7, 11) is 1.67. The summed E-state index contributed by atoms with van der Waals surface area (Å²) >= 11 is 5.46. The molecule has 5 heteroatoms. The van der Waals surface area contributed by atoms with Gasteiger partial charge in [0.15, 0.2) is 5.11 Å². The highest BCUT2D eigenvalue weighted by Gasteiger charge is 2.23. The largest absolute Gasteiger partial charge is 0.497 e. The van der Waals surface area contributed by atoms with Crippen LogP contribution in [-0.4, -0.2) is 42.4 Å². The van der Waals surface area contributed by atoms with Crippen LogP contribution in [0.25, 0.3) is 0 Å². The number of nitrogens with one attached hydrogen (secondary N) is 1. The molecule has 1 N–H and O–H groups in total. The number of ether oxygens (including phenoxy) is 2. The summed E-state index contributed by atoms with van der Waals surface area (Å²) in [4.78, 5) is 2.18. The summed E-state index contributed by atoms with van der Waals surface area (Å²) in [5.74, 6) is 0.868. The van der Waals surface area contributed by atoms with Crippen molar-refractivity contribution < 1.29 is 9.47 Å². The van der Waals surface area contributed by atoms with Crippen molar-refractivity contribution in [1.82, 2.24) is 10.2 Å². The molecule has 0 aromatic heterocycles. The van der Waals surface area contributed by atoms with E-state index in [-0.39, 0.29) is 12.2 Å². The summed E-state index contributed by atoms with van der Waals surface area (Å²) in [6, 6.07) is 8.00. The standard InChI is InChI=1S/C15H22N2O2S/c1-11-9-17(10-12(2)19-11)15(20)16-8-13-4-6-14(18-3)7-5-13/h4-7,11-12H,8-10H2,1-3H3,(H,16,20)/t11-,12+. The zero-order valence-electron chi connectivity index (χ0n) is 12.3. The molecule has 0 unspecified atom stereocenters. The maximum Gasteiger partial charge on any atom is 0.169 e. The predicted octanol–water partition coefficient (Wildman–Crippen LogP) is 2.18. The topological polar surface area (TPSA) is 33.7 Å². The van der Waals surface area contributed by atoms with Crippen molar-refractivity contribution in [3.05, 3.63) is 29.8 Å². The Bertz CT molecular complexity index is 440. The molecule has 2 rings (SSSR count). The predicted molar refractivity (Wildman–Crippen MR) is 84.0 cm³/mol. The molecule has 1 aromatic rings. The lowest BCUT2D eigenvalue weighted by atomic mass is 10.2. The second kappa shape index (κ2) is 6.90. The van der Waals surface area contributed by atoms with E-state index in [1.165, 1.54) is 5.56 Å². The first-order chi connectivity index (χ1) is 9.58. The van der Waals surface area contributed by atoms with Crippen LogP contribution in [0.5, 0.6) is 5.75 Å². The second-order valence-corrected chi connectivity index (χ2v) is 5.56. The van der Waals surface area contributed by atoms with Gasteiger partial charge in [-0.25, -0.2) is 0 Å². The van der Waals surface area contributed by atoms with Crippen LogP contribution >= 0.6 is 12.2 Å². The molecule has 0 aliphatic carbocycles. The van der Waals surface area contributed by atoms with E-state index in [9.17, 15) is 0 Å². The first-order valence-electron chi connectivity index (χ1n) is 6.89. The van der Waals surface area contributed by atoms with Gasteiger partial charge in [-0.2, -0.15) is 0 Å². The number of rotatable bonds is 3. The quantitative estimate of drug-likeness (QED) is 0.864. The number of morpholine rings is 1. The normalized spacial score (nSPS) is 22.4. The number of hydrogen-bond donors (Lipinski definition) is 1. The zero-order chi connectivity index (χ0) is 14.5. The molecule has 1 fully saturated rings. The molecular formula is C15H22N2O2S. The molecule has 1 aliphatic heterocycles. The summed E-state index contributed by atoms with van der Waals surface area (Å²) in [6.45, 7) is 6.57. The number of thiocarbonyl (C=S) groups is 1. The van der Waals surface area contributed by atoms with Crippen LogP contribution in [0.4, 0.5) is 0 Å². The van der Waals surface area contributed by atoms with Crippen molar-refractivity contribution in [2.45, 2.75) is 32.6 Å². The Balaban J connectivity index is 1.84. The van der Waals surface area contributed by atoms with Crippen molar-refractivity contribution in [2.75, 3.05) is 20.2 Å². The Hall–Kier alpha value is -1.33. The lowest BCUT2D eigenvalue weighted by Gasteiger charge is -2.36. The highest BCUT2D eigenvalue weighted by molar-refractivity contribution is 7.80. The van der Waals surface area contributed by atoms with E-state index in [0.717, 1.165) is 30.5 Å². The van der Waals surface area contributed by atoms with Crippen LogP contribution < -0.4 is 10.1 Å². The molecule has 0 bridgehead atoms. The molecule has 1 saturated heterocycles. The Kier molecular flexibility index (Phi) is 5.20. The molecule has 1 aliphatic rings. The van der Waals surface area contributed by atoms with E-state index in [4.69, 9.17) is 21.7 Å². The average molecular weight is 294 g/mol. The minimum atomic E-state index is 0.222. The summed E-state index contributed by atoms with van der Waals surface area (Å²) in [5.41, 5.74) is 1.18. The lowest BCUT2D eigenvalue weighted by molar-refractivity contribution is -0.0482. The second-order valence-electron chi connectivity index (χ2n) is 5.17. The van der Waals surface area contributed by atoms with Gasteiger partial charge >= 0.3 is 0 Å². The zero-order valence-corrected chi connectivity index (χ0v) is 13.1. The minimum Gasteiger partial charge on any atom is -0.497 e. The van der Waals surface area contributed by atoms with Gasteiger partial charge in [0.1, 0.15) is 5.75 Å². The van der Waals surface area contributed by atoms with Crippen molar-refractivity contribution in [1.29, 1.82) is 0 Å². The van der Waals surface area contributed by atoms with Gasteiger partial charge in [-0.1, -0.05) is 12.1 Å². The molecule has 110 valence electrons. The molecule has 4 nitrogen and oxygen atoms in total. The SMILES string of the molecule is COc1ccc(CNC(=S)N2C[C@@H](C)O[C@@H](C)C2)cc1. The van der Waals surface area contributed by atoms with E-state index >= 15 is 0 Å². The van der Waals surface area contributed by atoms with Gasteiger partial charge in [0, 0.05) is 19.6 Å². The summed E-state index contributed by atoms with van der Waals surface area (Å²) in [6.07, 6.45) is 0.443. The van der Waals surface area contributed by atoms with Crippen LogP contribution in [0, 0.1) is 0 Å². The van der Waals surface area contributed by atoms with E-state index in [0.29, 0.717) is 0 Å². The third-order valence-electron chi connectivity index (χ3n) is 3.31. The number of hydrogen-bond acceptors (Lipinski definition) is 3. The molecule has 2 atom stereocenters. The van der Waals surface area contributed by atoms with Crippen LogP contribution in [0.15, 0.2) is 24.3 Å². The Labute approximate surface area is 126 Å². The number of methoxy groups -OCH3 is 1. The molecule has 20 heavy (non-hydrogen) atoms. The summed E-state index contributed by atoms with van der Waals surface area (Å²) < 4.78 is 10.9. The van der Waals surface area contributed by atoms with Crippen LogP contribution in [0.2, 0.25) is 0 Å². The minimum absolute atomic E-state index is 0.222. The molecule has 0 radical (unpaired) electrons.